The van der Waals surface area contributed by atoms with Crippen molar-refractivity contribution in [2.24, 2.45) is 0 Å². The summed E-state index contributed by atoms with van der Waals surface area (Å²) < 4.78 is 11.9. The minimum Gasteiger partial charge on any atom is -0.488 e. The molecule has 0 spiro atoms. The largest absolute Gasteiger partial charge is 0.488 e. The van der Waals surface area contributed by atoms with Crippen molar-refractivity contribution < 1.29 is 19.2 Å². The number of carbonyl (C=O) groups is 1. The highest BCUT2D eigenvalue weighted by Crippen LogP contribution is 2.40. The van der Waals surface area contributed by atoms with E-state index in [4.69, 9.17) is 9.47 Å². The lowest BCUT2D eigenvalue weighted by atomic mass is 10.1. The first-order chi connectivity index (χ1) is 14.7. The summed E-state index contributed by atoms with van der Waals surface area (Å²) in [5.41, 5.74) is 2.95. The zero-order valence-electron chi connectivity index (χ0n) is 17.1. The van der Waals surface area contributed by atoms with E-state index in [1.165, 1.54) is 36.6 Å². The van der Waals surface area contributed by atoms with E-state index in [1.54, 1.807) is 0 Å². The Balaban J connectivity index is 1.97. The smallest absolute Gasteiger partial charge is 0.322 e. The Hall–Kier alpha value is -3.79. The van der Waals surface area contributed by atoms with Crippen LogP contribution < -0.4 is 19.6 Å². The number of imidazole rings is 1. The number of carbonyl (C=O) groups excluding carboxylic acids is 1. The van der Waals surface area contributed by atoms with E-state index >= 15 is 0 Å². The minimum absolute atomic E-state index is 0.0704. The quantitative estimate of drug-likeness (QED) is 0.208. The lowest BCUT2D eigenvalue weighted by molar-refractivity contribution is -0.386. The second-order valence-electron chi connectivity index (χ2n) is 6.96. The Morgan fingerprint density at radius 3 is 2.61 bits per heavy atom. The van der Waals surface area contributed by atoms with Crippen LogP contribution in [0.25, 0.3) is 22.1 Å². The fraction of sp³-hybridized carbons (Fsp3) is 0.190. The average molecular weight is 439 g/mol. The zero-order valence-corrected chi connectivity index (χ0v) is 17.9. The number of thiazole rings is 1. The number of nitro groups is 1. The van der Waals surface area contributed by atoms with Gasteiger partial charge in [-0.3, -0.25) is 19.7 Å². The molecule has 0 saturated heterocycles. The number of aromatic nitrogens is 2. The summed E-state index contributed by atoms with van der Waals surface area (Å²) in [5, 5.41) is 11.8. The number of ether oxygens (including phenoxy) is 2. The van der Waals surface area contributed by atoms with Crippen molar-refractivity contribution in [3.05, 3.63) is 66.0 Å². The second kappa shape index (κ2) is 7.47. The van der Waals surface area contributed by atoms with E-state index in [1.807, 2.05) is 26.0 Å². The van der Waals surface area contributed by atoms with Gasteiger partial charge in [-0.05, 0) is 55.3 Å². The van der Waals surface area contributed by atoms with E-state index in [2.05, 4.69) is 4.98 Å². The van der Waals surface area contributed by atoms with Gasteiger partial charge in [0.25, 0.3) is 5.56 Å². The molecular formula is C21H17N3O6S. The highest BCUT2D eigenvalue weighted by molar-refractivity contribution is 7.15. The number of nitrogens with zero attached hydrogens (tertiary/aromatic N) is 3. The third-order valence-electron chi connectivity index (χ3n) is 4.91. The number of hydrogen-bond donors (Lipinski definition) is 0. The van der Waals surface area contributed by atoms with Gasteiger partial charge in [0.15, 0.2) is 10.7 Å². The van der Waals surface area contributed by atoms with Crippen molar-refractivity contribution in [1.29, 1.82) is 0 Å². The summed E-state index contributed by atoms with van der Waals surface area (Å²) in [6.07, 6.45) is 1.42. The summed E-state index contributed by atoms with van der Waals surface area (Å²) in [5.74, 6) is -0.902. The highest BCUT2D eigenvalue weighted by atomic mass is 32.1. The molecule has 0 aliphatic rings. The predicted octanol–water partition coefficient (Wildman–Crippen LogP) is 2.92. The van der Waals surface area contributed by atoms with Gasteiger partial charge in [0, 0.05) is 6.92 Å². The van der Waals surface area contributed by atoms with Crippen molar-refractivity contribution in [3.63, 3.8) is 0 Å². The van der Waals surface area contributed by atoms with Crippen molar-refractivity contribution in [2.75, 3.05) is 7.11 Å². The van der Waals surface area contributed by atoms with Gasteiger partial charge >= 0.3 is 11.7 Å². The first-order valence-corrected chi connectivity index (χ1v) is 10.0. The van der Waals surface area contributed by atoms with Gasteiger partial charge in [-0.2, -0.15) is 0 Å². The van der Waals surface area contributed by atoms with Crippen LogP contribution in [0.5, 0.6) is 11.5 Å². The van der Waals surface area contributed by atoms with Crippen LogP contribution in [0.4, 0.5) is 5.69 Å². The summed E-state index contributed by atoms with van der Waals surface area (Å²) in [6.45, 7) is 5.12. The maximum absolute atomic E-state index is 13.1. The summed E-state index contributed by atoms with van der Waals surface area (Å²) in [6, 6.07) is 6.63. The number of nitro benzene ring substituents is 1. The normalized spacial score (nSPS) is 11.9. The number of hydrogen-bond acceptors (Lipinski definition) is 8. The van der Waals surface area contributed by atoms with Gasteiger partial charge in [-0.25, -0.2) is 9.38 Å². The molecule has 10 heteroatoms. The maximum atomic E-state index is 13.1. The molecule has 0 fully saturated rings. The molecule has 0 aliphatic heterocycles. The van der Waals surface area contributed by atoms with Crippen molar-refractivity contribution in [2.45, 2.75) is 20.8 Å². The van der Waals surface area contributed by atoms with E-state index in [0.717, 1.165) is 28.0 Å². The van der Waals surface area contributed by atoms with Crippen LogP contribution >= 0.6 is 11.3 Å². The molecule has 0 unspecified atom stereocenters. The van der Waals surface area contributed by atoms with Crippen molar-refractivity contribution >= 4 is 45.1 Å². The molecular weight excluding hydrogens is 422 g/mol. The number of fused-ring (bicyclic) bond motifs is 3. The molecule has 0 bridgehead atoms. The van der Waals surface area contributed by atoms with Crippen LogP contribution in [0.1, 0.15) is 23.6 Å². The molecule has 0 aliphatic carbocycles. The number of esters is 1. The molecule has 9 nitrogen and oxygen atoms in total. The number of benzene rings is 2. The van der Waals surface area contributed by atoms with Gasteiger partial charge in [-0.1, -0.05) is 11.3 Å². The number of methoxy groups -OCH3 is 1. The highest BCUT2D eigenvalue weighted by Gasteiger charge is 2.25. The van der Waals surface area contributed by atoms with Crippen LogP contribution in [-0.2, 0) is 4.79 Å². The van der Waals surface area contributed by atoms with Crippen LogP contribution in [0, 0.1) is 24.0 Å². The van der Waals surface area contributed by atoms with Crippen molar-refractivity contribution in [1.82, 2.24) is 9.38 Å². The molecule has 2 aromatic carbocycles. The molecule has 0 N–H and O–H groups in total. The first-order valence-electron chi connectivity index (χ1n) is 9.19. The van der Waals surface area contributed by atoms with Crippen LogP contribution in [0.15, 0.2) is 29.1 Å². The Labute approximate surface area is 179 Å². The van der Waals surface area contributed by atoms with Crippen LogP contribution in [-0.4, -0.2) is 27.4 Å². The third kappa shape index (κ3) is 3.40. The van der Waals surface area contributed by atoms with Gasteiger partial charge in [0.1, 0.15) is 0 Å². The standard InChI is InChI=1S/C21H17N3O6S/c1-10-7-14-15(8-11(10)2)23-20(26)17(31-21(23)22-14)9-13-5-6-16(30-12(3)25)19(29-4)18(13)24(27)28/h5-9H,1-4H3/b17-9-. The molecule has 2 aromatic heterocycles. The molecule has 0 amide bonds. The van der Waals surface area contributed by atoms with Gasteiger partial charge in [-0.15, -0.1) is 0 Å². The molecule has 31 heavy (non-hydrogen) atoms. The topological polar surface area (TPSA) is 113 Å². The Kier molecular flexibility index (Phi) is 4.94. The van der Waals surface area contributed by atoms with Crippen molar-refractivity contribution in [3.8, 4) is 11.5 Å². The van der Waals surface area contributed by atoms with Gasteiger partial charge in [0.2, 0.25) is 5.75 Å². The van der Waals surface area contributed by atoms with E-state index in [9.17, 15) is 19.7 Å². The SMILES string of the molecule is COc1c(OC(C)=O)ccc(/C=c2\sc3nc4cc(C)c(C)cc4n3c2=O)c1[N+](=O)[O-]. The van der Waals surface area contributed by atoms with E-state index in [0.29, 0.717) is 10.5 Å². The fourth-order valence-electron chi connectivity index (χ4n) is 3.36. The lowest BCUT2D eigenvalue weighted by Crippen LogP contribution is -2.22. The zero-order chi connectivity index (χ0) is 22.4. The Morgan fingerprint density at radius 1 is 1.26 bits per heavy atom. The molecule has 0 atom stereocenters. The predicted molar refractivity (Wildman–Crippen MR) is 116 cm³/mol. The molecule has 4 rings (SSSR count). The number of aryl methyl sites for hydroxylation is 2. The molecule has 158 valence electrons. The Bertz CT molecular complexity index is 1500. The molecule has 4 aromatic rings. The first kappa shape index (κ1) is 20.5. The summed E-state index contributed by atoms with van der Waals surface area (Å²) in [7, 11) is 1.24. The maximum Gasteiger partial charge on any atom is 0.322 e. The fourth-order valence-corrected chi connectivity index (χ4v) is 4.34. The molecule has 0 radical (unpaired) electrons. The minimum atomic E-state index is -0.637. The van der Waals surface area contributed by atoms with Crippen LogP contribution in [0.2, 0.25) is 0 Å². The lowest BCUT2D eigenvalue weighted by Gasteiger charge is -2.09. The average Bonchev–Trinajstić information content (AvgIpc) is 3.18. The molecule has 0 saturated carbocycles. The van der Waals surface area contributed by atoms with E-state index < -0.39 is 16.6 Å². The summed E-state index contributed by atoms with van der Waals surface area (Å²) in [4.78, 5) is 40.5. The van der Waals surface area contributed by atoms with Gasteiger partial charge in [0.05, 0.1) is 33.2 Å². The number of rotatable bonds is 4. The van der Waals surface area contributed by atoms with E-state index in [-0.39, 0.29) is 27.2 Å². The summed E-state index contributed by atoms with van der Waals surface area (Å²) >= 11 is 1.14. The van der Waals surface area contributed by atoms with Crippen LogP contribution in [0.3, 0.4) is 0 Å². The third-order valence-corrected chi connectivity index (χ3v) is 5.88. The molecule has 2 heterocycles. The second-order valence-corrected chi connectivity index (χ2v) is 7.97. The monoisotopic (exact) mass is 439 g/mol. The Morgan fingerprint density at radius 2 is 1.97 bits per heavy atom. The van der Waals surface area contributed by atoms with Gasteiger partial charge < -0.3 is 9.47 Å².